The maximum atomic E-state index is 12.3. The number of fused-ring (bicyclic) bond motifs is 1. The molecule has 0 spiro atoms. The van der Waals surface area contributed by atoms with Crippen LogP contribution in [0.4, 0.5) is 5.69 Å². The third kappa shape index (κ3) is 4.01. The van der Waals surface area contributed by atoms with Crippen LogP contribution in [0, 0.1) is 0 Å². The van der Waals surface area contributed by atoms with Gasteiger partial charge in [0, 0.05) is 11.8 Å². The van der Waals surface area contributed by atoms with Crippen molar-refractivity contribution in [2.75, 3.05) is 25.8 Å². The lowest BCUT2D eigenvalue weighted by molar-refractivity contribution is -0.115. The summed E-state index contributed by atoms with van der Waals surface area (Å²) in [6.07, 6.45) is 0. The fraction of sp³-hybridized carbons (Fsp3) is 0.188. The van der Waals surface area contributed by atoms with Gasteiger partial charge in [-0.2, -0.15) is 0 Å². The summed E-state index contributed by atoms with van der Waals surface area (Å²) in [7, 11) is -2.31. The summed E-state index contributed by atoms with van der Waals surface area (Å²) in [5, 5.41) is 2.59. The van der Waals surface area contributed by atoms with Gasteiger partial charge < -0.3 is 19.5 Å². The van der Waals surface area contributed by atoms with Crippen molar-refractivity contribution in [1.82, 2.24) is 4.72 Å². The van der Waals surface area contributed by atoms with Gasteiger partial charge in [-0.1, -0.05) is 0 Å². The van der Waals surface area contributed by atoms with Crippen molar-refractivity contribution in [2.45, 2.75) is 4.90 Å². The minimum Gasteiger partial charge on any atom is -0.497 e. The second-order valence-corrected chi connectivity index (χ2v) is 6.88. The van der Waals surface area contributed by atoms with Crippen molar-refractivity contribution < 1.29 is 27.4 Å². The highest BCUT2D eigenvalue weighted by Gasteiger charge is 2.20. The lowest BCUT2D eigenvalue weighted by atomic mass is 10.3. The number of carbonyl (C=O) groups excluding carboxylic acids is 1. The predicted molar refractivity (Wildman–Crippen MR) is 89.4 cm³/mol. The molecule has 1 heterocycles. The van der Waals surface area contributed by atoms with E-state index in [1.54, 1.807) is 31.4 Å². The molecule has 0 radical (unpaired) electrons. The monoisotopic (exact) mass is 364 g/mol. The van der Waals surface area contributed by atoms with Crippen LogP contribution >= 0.6 is 0 Å². The van der Waals surface area contributed by atoms with Crippen LogP contribution in [0.1, 0.15) is 0 Å². The van der Waals surface area contributed by atoms with E-state index < -0.39 is 22.5 Å². The normalized spacial score (nSPS) is 12.7. The Morgan fingerprint density at radius 1 is 1.12 bits per heavy atom. The van der Waals surface area contributed by atoms with Crippen LogP contribution in [0.15, 0.2) is 47.4 Å². The van der Waals surface area contributed by atoms with Crippen molar-refractivity contribution in [1.29, 1.82) is 0 Å². The first-order valence-corrected chi connectivity index (χ1v) is 8.79. The molecule has 0 bridgehead atoms. The number of carbonyl (C=O) groups is 1. The summed E-state index contributed by atoms with van der Waals surface area (Å²) < 4.78 is 42.1. The van der Waals surface area contributed by atoms with Crippen molar-refractivity contribution in [3.8, 4) is 17.2 Å². The van der Waals surface area contributed by atoms with E-state index in [4.69, 9.17) is 14.2 Å². The van der Waals surface area contributed by atoms with Crippen LogP contribution in [0.3, 0.4) is 0 Å². The number of rotatable bonds is 6. The molecule has 0 saturated heterocycles. The van der Waals surface area contributed by atoms with Gasteiger partial charge in [0.05, 0.1) is 18.6 Å². The Kier molecular flexibility index (Phi) is 4.77. The molecule has 9 heteroatoms. The smallest absolute Gasteiger partial charge is 0.241 e. The van der Waals surface area contributed by atoms with Gasteiger partial charge in [-0.15, -0.1) is 0 Å². The Bertz CT molecular complexity index is 880. The van der Waals surface area contributed by atoms with Crippen molar-refractivity contribution in [3.05, 3.63) is 42.5 Å². The van der Waals surface area contributed by atoms with Crippen molar-refractivity contribution >= 4 is 21.6 Å². The Labute approximate surface area is 144 Å². The molecular formula is C16H16N2O6S. The largest absolute Gasteiger partial charge is 0.497 e. The van der Waals surface area contributed by atoms with Crippen LogP contribution in [-0.4, -0.2) is 34.8 Å². The molecule has 1 amide bonds. The second-order valence-electron chi connectivity index (χ2n) is 5.12. The summed E-state index contributed by atoms with van der Waals surface area (Å²) in [5.41, 5.74) is 0.535. The first-order valence-electron chi connectivity index (χ1n) is 7.31. The molecular weight excluding hydrogens is 348 g/mol. The summed E-state index contributed by atoms with van der Waals surface area (Å²) in [5.74, 6) is 0.998. The Balaban J connectivity index is 1.60. The Morgan fingerprint density at radius 2 is 1.84 bits per heavy atom. The SMILES string of the molecule is COc1ccc(NC(=O)CNS(=O)(=O)c2ccc3c(c2)OCO3)cc1. The van der Waals surface area contributed by atoms with Gasteiger partial charge >= 0.3 is 0 Å². The van der Waals surface area contributed by atoms with Crippen LogP contribution < -0.4 is 24.2 Å². The highest BCUT2D eigenvalue weighted by molar-refractivity contribution is 7.89. The van der Waals surface area contributed by atoms with Crippen LogP contribution in [0.5, 0.6) is 17.2 Å². The van der Waals surface area contributed by atoms with Gasteiger partial charge in [-0.25, -0.2) is 13.1 Å². The number of amides is 1. The highest BCUT2D eigenvalue weighted by atomic mass is 32.2. The molecule has 3 rings (SSSR count). The number of benzene rings is 2. The minimum absolute atomic E-state index is 0.00556. The molecule has 132 valence electrons. The Hall–Kier alpha value is -2.78. The first-order chi connectivity index (χ1) is 12.0. The molecule has 8 nitrogen and oxygen atoms in total. The van der Waals surface area contributed by atoms with Gasteiger partial charge in [0.25, 0.3) is 0 Å². The van der Waals surface area contributed by atoms with Gasteiger partial charge in [0.15, 0.2) is 11.5 Å². The fourth-order valence-electron chi connectivity index (χ4n) is 2.17. The molecule has 25 heavy (non-hydrogen) atoms. The number of methoxy groups -OCH3 is 1. The van der Waals surface area contributed by atoms with E-state index in [0.29, 0.717) is 22.9 Å². The van der Waals surface area contributed by atoms with E-state index >= 15 is 0 Å². The second kappa shape index (κ2) is 6.99. The number of hydrogen-bond acceptors (Lipinski definition) is 6. The number of hydrogen-bond donors (Lipinski definition) is 2. The standard InChI is InChI=1S/C16H16N2O6S/c1-22-12-4-2-11(3-5-12)18-16(19)9-17-25(20,21)13-6-7-14-15(8-13)24-10-23-14/h2-8,17H,9-10H2,1H3,(H,18,19). The molecule has 2 aromatic rings. The predicted octanol–water partition coefficient (Wildman–Crippen LogP) is 1.34. The third-order valence-electron chi connectivity index (χ3n) is 3.45. The summed E-state index contributed by atoms with van der Waals surface area (Å²) in [4.78, 5) is 11.9. The van der Waals surface area contributed by atoms with Gasteiger partial charge in [-0.3, -0.25) is 4.79 Å². The van der Waals surface area contributed by atoms with Crippen LogP contribution in [0.2, 0.25) is 0 Å². The summed E-state index contributed by atoms with van der Waals surface area (Å²) in [6.45, 7) is -0.348. The summed E-state index contributed by atoms with van der Waals surface area (Å²) >= 11 is 0. The van der Waals surface area contributed by atoms with E-state index in [-0.39, 0.29) is 11.7 Å². The fourth-order valence-corrected chi connectivity index (χ4v) is 3.16. The van der Waals surface area contributed by atoms with Crippen molar-refractivity contribution in [3.63, 3.8) is 0 Å². The molecule has 0 saturated carbocycles. The zero-order chi connectivity index (χ0) is 17.9. The first kappa shape index (κ1) is 17.1. The molecule has 0 fully saturated rings. The molecule has 0 unspecified atom stereocenters. The average molecular weight is 364 g/mol. The summed E-state index contributed by atoms with van der Waals surface area (Å²) in [6, 6.07) is 10.9. The van der Waals surface area contributed by atoms with Crippen LogP contribution in [-0.2, 0) is 14.8 Å². The van der Waals surface area contributed by atoms with Gasteiger partial charge in [0.2, 0.25) is 22.7 Å². The maximum absolute atomic E-state index is 12.3. The Morgan fingerprint density at radius 3 is 2.56 bits per heavy atom. The molecule has 0 aromatic heterocycles. The van der Waals surface area contributed by atoms with E-state index in [9.17, 15) is 13.2 Å². The van der Waals surface area contributed by atoms with E-state index in [2.05, 4.69) is 10.0 Å². The molecule has 1 aliphatic heterocycles. The topological polar surface area (TPSA) is 103 Å². The average Bonchev–Trinajstić information content (AvgIpc) is 3.08. The van der Waals surface area contributed by atoms with Crippen LogP contribution in [0.25, 0.3) is 0 Å². The number of sulfonamides is 1. The number of anilines is 1. The number of ether oxygens (including phenoxy) is 3. The molecule has 2 N–H and O–H groups in total. The lowest BCUT2D eigenvalue weighted by Gasteiger charge is -2.09. The van der Waals surface area contributed by atoms with Gasteiger partial charge in [-0.05, 0) is 36.4 Å². The zero-order valence-electron chi connectivity index (χ0n) is 13.3. The van der Waals surface area contributed by atoms with E-state index in [1.165, 1.54) is 18.2 Å². The minimum atomic E-state index is -3.85. The van der Waals surface area contributed by atoms with E-state index in [0.717, 1.165) is 0 Å². The maximum Gasteiger partial charge on any atom is 0.241 e. The molecule has 0 aliphatic carbocycles. The number of nitrogens with one attached hydrogen (secondary N) is 2. The third-order valence-corrected chi connectivity index (χ3v) is 4.85. The van der Waals surface area contributed by atoms with Gasteiger partial charge in [0.1, 0.15) is 5.75 Å². The molecule has 0 atom stereocenters. The molecule has 2 aromatic carbocycles. The highest BCUT2D eigenvalue weighted by Crippen LogP contribution is 2.33. The zero-order valence-corrected chi connectivity index (χ0v) is 14.1. The lowest BCUT2D eigenvalue weighted by Crippen LogP contribution is -2.32. The van der Waals surface area contributed by atoms with Crippen molar-refractivity contribution in [2.24, 2.45) is 0 Å². The quantitative estimate of drug-likeness (QED) is 0.802. The molecule has 1 aliphatic rings. The van der Waals surface area contributed by atoms with E-state index in [1.807, 2.05) is 0 Å².